The molecule has 0 aromatic heterocycles. The van der Waals surface area contributed by atoms with Crippen LogP contribution in [0.15, 0.2) is 77.8 Å². The summed E-state index contributed by atoms with van der Waals surface area (Å²) in [6.07, 6.45) is 3.06. The van der Waals surface area contributed by atoms with Gasteiger partial charge in [0, 0.05) is 12.4 Å². The minimum Gasteiger partial charge on any atom is -0.260 e. The Morgan fingerprint density at radius 3 is 1.72 bits per heavy atom. The molecule has 0 aliphatic heterocycles. The Morgan fingerprint density at radius 1 is 0.760 bits per heavy atom. The maximum absolute atomic E-state index is 4.83. The lowest BCUT2D eigenvalue weighted by atomic mass is 10.1. The topological polar surface area (TPSA) is 12.4 Å². The van der Waals surface area contributed by atoms with Gasteiger partial charge in [-0.1, -0.05) is 78.4 Å². The Balaban J connectivity index is 1.87. The summed E-state index contributed by atoms with van der Waals surface area (Å²) >= 11 is 0. The second-order valence-corrected chi connectivity index (χ2v) is 8.59. The zero-order chi connectivity index (χ0) is 17.6. The van der Waals surface area contributed by atoms with Crippen LogP contribution in [0, 0.1) is 20.8 Å². The normalized spacial score (nSPS) is 11.4. The van der Waals surface area contributed by atoms with Crippen molar-refractivity contribution >= 4 is 30.4 Å². The Bertz CT molecular complexity index is 791. The van der Waals surface area contributed by atoms with Gasteiger partial charge >= 0.3 is 0 Å². The molecule has 0 saturated heterocycles. The summed E-state index contributed by atoms with van der Waals surface area (Å²) in [5, 5.41) is 2.79. The van der Waals surface area contributed by atoms with E-state index in [4.69, 9.17) is 4.99 Å². The molecular formula is C23H24NP. The molecule has 0 bridgehead atoms. The van der Waals surface area contributed by atoms with E-state index in [1.807, 2.05) is 0 Å². The second-order valence-electron chi connectivity index (χ2n) is 6.34. The molecule has 0 aliphatic carbocycles. The number of nitrogens with zero attached hydrogens (tertiary/aromatic N) is 1. The van der Waals surface area contributed by atoms with Gasteiger partial charge in [0.1, 0.15) is 0 Å². The molecule has 0 spiro atoms. The molecule has 0 fully saturated rings. The van der Waals surface area contributed by atoms with E-state index in [0.29, 0.717) is 0 Å². The summed E-state index contributed by atoms with van der Waals surface area (Å²) in [5.74, 6) is 0. The third-order valence-electron chi connectivity index (χ3n) is 4.26. The highest BCUT2D eigenvalue weighted by atomic mass is 31.1. The van der Waals surface area contributed by atoms with E-state index < -0.39 is 7.92 Å². The smallest absolute Gasteiger partial charge is 0.0684 e. The van der Waals surface area contributed by atoms with Crippen LogP contribution >= 0.6 is 7.92 Å². The molecule has 0 saturated carbocycles. The van der Waals surface area contributed by atoms with Crippen LogP contribution in [-0.2, 0) is 0 Å². The average Bonchev–Trinajstić information content (AvgIpc) is 2.62. The molecular weight excluding hydrogens is 321 g/mol. The van der Waals surface area contributed by atoms with E-state index in [9.17, 15) is 0 Å². The van der Waals surface area contributed by atoms with Crippen molar-refractivity contribution in [2.45, 2.75) is 20.8 Å². The molecule has 1 nitrogen and oxygen atoms in total. The Hall–Kier alpha value is -2.24. The number of aliphatic imine (C=N–C) groups is 1. The van der Waals surface area contributed by atoms with Gasteiger partial charge in [-0.2, -0.15) is 0 Å². The average molecular weight is 345 g/mol. The van der Waals surface area contributed by atoms with Crippen LogP contribution in [-0.4, -0.2) is 12.4 Å². The monoisotopic (exact) mass is 345 g/mol. The summed E-state index contributed by atoms with van der Waals surface area (Å²) in [5.41, 5.74) is 4.90. The van der Waals surface area contributed by atoms with E-state index in [1.165, 1.54) is 27.3 Å². The Kier molecular flexibility index (Phi) is 5.79. The lowest BCUT2D eigenvalue weighted by Crippen LogP contribution is -2.14. The van der Waals surface area contributed by atoms with Crippen LogP contribution in [0.5, 0.6) is 0 Å². The summed E-state index contributed by atoms with van der Waals surface area (Å²) in [4.78, 5) is 4.83. The zero-order valence-corrected chi connectivity index (χ0v) is 16.0. The van der Waals surface area contributed by atoms with E-state index >= 15 is 0 Å². The van der Waals surface area contributed by atoms with Gasteiger partial charge in [-0.05, 0) is 50.4 Å². The quantitative estimate of drug-likeness (QED) is 0.431. The molecule has 3 rings (SSSR count). The van der Waals surface area contributed by atoms with Gasteiger partial charge < -0.3 is 0 Å². The summed E-state index contributed by atoms with van der Waals surface area (Å²) < 4.78 is 0. The maximum Gasteiger partial charge on any atom is 0.0684 e. The van der Waals surface area contributed by atoms with Crippen molar-refractivity contribution in [1.82, 2.24) is 0 Å². The van der Waals surface area contributed by atoms with Crippen molar-refractivity contribution in [2.75, 3.05) is 6.16 Å². The van der Waals surface area contributed by atoms with Crippen LogP contribution in [0.1, 0.15) is 16.7 Å². The Morgan fingerprint density at radius 2 is 1.24 bits per heavy atom. The molecule has 126 valence electrons. The Labute approximate surface area is 152 Å². The third-order valence-corrected chi connectivity index (χ3v) is 6.63. The second kappa shape index (κ2) is 8.23. The number of hydrogen-bond donors (Lipinski definition) is 0. The largest absolute Gasteiger partial charge is 0.260 e. The van der Waals surface area contributed by atoms with Crippen LogP contribution in [0.4, 0.5) is 5.69 Å². The predicted octanol–water partition coefficient (Wildman–Crippen LogP) is 5.45. The van der Waals surface area contributed by atoms with Crippen LogP contribution in [0.3, 0.4) is 0 Å². The van der Waals surface area contributed by atoms with Crippen molar-refractivity contribution in [2.24, 2.45) is 4.99 Å². The maximum atomic E-state index is 4.83. The molecule has 3 aromatic carbocycles. The van der Waals surface area contributed by atoms with Gasteiger partial charge in [0.25, 0.3) is 0 Å². The SMILES string of the molecule is Cc1cc(C)c(N=CCP(c2ccccc2)c2ccccc2)c(C)c1. The first-order valence-corrected chi connectivity index (χ1v) is 10.2. The number of rotatable bonds is 5. The van der Waals surface area contributed by atoms with Gasteiger partial charge in [0.05, 0.1) is 5.69 Å². The highest BCUT2D eigenvalue weighted by molar-refractivity contribution is 7.73. The zero-order valence-electron chi connectivity index (χ0n) is 15.1. The van der Waals surface area contributed by atoms with E-state index in [2.05, 4.69) is 99.8 Å². The highest BCUT2D eigenvalue weighted by Crippen LogP contribution is 2.33. The highest BCUT2D eigenvalue weighted by Gasteiger charge is 2.12. The molecule has 0 amide bonds. The molecule has 0 radical (unpaired) electrons. The lowest BCUT2D eigenvalue weighted by Gasteiger charge is -2.16. The van der Waals surface area contributed by atoms with E-state index in [-0.39, 0.29) is 0 Å². The molecule has 3 aromatic rings. The third kappa shape index (κ3) is 4.44. The fourth-order valence-electron chi connectivity index (χ4n) is 3.17. The van der Waals surface area contributed by atoms with Crippen LogP contribution < -0.4 is 10.6 Å². The van der Waals surface area contributed by atoms with E-state index in [1.54, 1.807) is 0 Å². The summed E-state index contributed by atoms with van der Waals surface area (Å²) in [7, 11) is -0.422. The van der Waals surface area contributed by atoms with Gasteiger partial charge in [0.15, 0.2) is 0 Å². The number of benzene rings is 3. The van der Waals surface area contributed by atoms with Gasteiger partial charge in [-0.3, -0.25) is 4.99 Å². The fourth-order valence-corrected chi connectivity index (χ4v) is 5.19. The van der Waals surface area contributed by atoms with Crippen molar-refractivity contribution in [3.05, 3.63) is 89.5 Å². The van der Waals surface area contributed by atoms with Crippen molar-refractivity contribution in [1.29, 1.82) is 0 Å². The molecule has 0 atom stereocenters. The predicted molar refractivity (Wildman–Crippen MR) is 113 cm³/mol. The van der Waals surface area contributed by atoms with Crippen LogP contribution in [0.2, 0.25) is 0 Å². The molecule has 2 heteroatoms. The van der Waals surface area contributed by atoms with Crippen molar-refractivity contribution in [3.63, 3.8) is 0 Å². The molecule has 0 N–H and O–H groups in total. The fraction of sp³-hybridized carbons (Fsp3) is 0.174. The summed E-state index contributed by atoms with van der Waals surface area (Å²) in [6, 6.07) is 26.0. The van der Waals surface area contributed by atoms with E-state index in [0.717, 1.165) is 11.8 Å². The first-order valence-electron chi connectivity index (χ1n) is 8.63. The first-order chi connectivity index (χ1) is 12.1. The first kappa shape index (κ1) is 17.6. The van der Waals surface area contributed by atoms with Crippen LogP contribution in [0.25, 0.3) is 0 Å². The molecule has 0 unspecified atom stereocenters. The minimum atomic E-state index is -0.422. The summed E-state index contributed by atoms with van der Waals surface area (Å²) in [6.45, 7) is 6.42. The molecule has 0 aliphatic rings. The van der Waals surface area contributed by atoms with Crippen molar-refractivity contribution < 1.29 is 0 Å². The number of aryl methyl sites for hydroxylation is 3. The minimum absolute atomic E-state index is 0.422. The van der Waals surface area contributed by atoms with Gasteiger partial charge in [0.2, 0.25) is 0 Å². The van der Waals surface area contributed by atoms with Crippen molar-refractivity contribution in [3.8, 4) is 0 Å². The van der Waals surface area contributed by atoms with Gasteiger partial charge in [-0.15, -0.1) is 0 Å². The molecule has 25 heavy (non-hydrogen) atoms. The number of hydrogen-bond acceptors (Lipinski definition) is 1. The van der Waals surface area contributed by atoms with Gasteiger partial charge in [-0.25, -0.2) is 0 Å². The lowest BCUT2D eigenvalue weighted by molar-refractivity contribution is 1.29. The standard InChI is InChI=1S/C23H24NP/c1-18-16-19(2)23(20(3)17-18)24-14-15-25(21-10-6-4-7-11-21)22-12-8-5-9-13-22/h4-14,16-17H,15H2,1-3H3. The molecule has 0 heterocycles.